The van der Waals surface area contributed by atoms with Crippen LogP contribution in [0.5, 0.6) is 0 Å². The number of nitrogens with zero attached hydrogens (tertiary/aromatic N) is 2. The highest BCUT2D eigenvalue weighted by atomic mass is 19.2. The first-order chi connectivity index (χ1) is 12.0. The Morgan fingerprint density at radius 1 is 1.24 bits per heavy atom. The lowest BCUT2D eigenvalue weighted by Crippen LogP contribution is -2.32. The second-order valence-corrected chi connectivity index (χ2v) is 5.46. The molecule has 0 aliphatic carbocycles. The van der Waals surface area contributed by atoms with E-state index in [4.69, 9.17) is 15.2 Å². The summed E-state index contributed by atoms with van der Waals surface area (Å²) in [5.74, 6) is -0.721. The molecule has 0 radical (unpaired) electrons. The standard InChI is InChI=1S/C16H15F2N3O4/c17-12-10(8-24-15(22)9-4-2-1-3-5-9)25-14(13(12)18)21-7-6-11(19)20-16(21)23/h1-7,10,12-14H,8H2,(H2,19,20,23)/t10-,12+,13+,14-/m1/s1. The van der Waals surface area contributed by atoms with E-state index in [0.717, 1.165) is 4.57 Å². The fraction of sp³-hybridized carbons (Fsp3) is 0.312. The molecule has 132 valence electrons. The number of alkyl halides is 2. The lowest BCUT2D eigenvalue weighted by atomic mass is 10.2. The summed E-state index contributed by atoms with van der Waals surface area (Å²) in [6.45, 7) is -0.483. The Morgan fingerprint density at radius 3 is 2.64 bits per heavy atom. The van der Waals surface area contributed by atoms with E-state index in [1.165, 1.54) is 24.4 Å². The Bertz CT molecular complexity index is 815. The van der Waals surface area contributed by atoms with Gasteiger partial charge in [0.15, 0.2) is 18.6 Å². The van der Waals surface area contributed by atoms with Gasteiger partial charge in [-0.1, -0.05) is 18.2 Å². The van der Waals surface area contributed by atoms with E-state index in [9.17, 15) is 18.4 Å². The minimum Gasteiger partial charge on any atom is -0.459 e. The molecule has 1 saturated heterocycles. The van der Waals surface area contributed by atoms with Gasteiger partial charge in [-0.15, -0.1) is 0 Å². The van der Waals surface area contributed by atoms with Gasteiger partial charge >= 0.3 is 11.7 Å². The van der Waals surface area contributed by atoms with Crippen molar-refractivity contribution >= 4 is 11.8 Å². The summed E-state index contributed by atoms with van der Waals surface area (Å²) in [6, 6.07) is 9.36. The van der Waals surface area contributed by atoms with Crippen molar-refractivity contribution in [2.45, 2.75) is 24.7 Å². The van der Waals surface area contributed by atoms with E-state index in [1.807, 2.05) is 0 Å². The molecular formula is C16H15F2N3O4. The van der Waals surface area contributed by atoms with Crippen molar-refractivity contribution in [1.82, 2.24) is 9.55 Å². The van der Waals surface area contributed by atoms with Crippen LogP contribution in [0.2, 0.25) is 0 Å². The van der Waals surface area contributed by atoms with Crippen molar-refractivity contribution in [3.8, 4) is 0 Å². The number of nitrogen functional groups attached to an aromatic ring is 1. The van der Waals surface area contributed by atoms with E-state index < -0.39 is 42.9 Å². The van der Waals surface area contributed by atoms with E-state index >= 15 is 0 Å². The van der Waals surface area contributed by atoms with Gasteiger partial charge in [-0.25, -0.2) is 18.4 Å². The van der Waals surface area contributed by atoms with Gasteiger partial charge in [0.25, 0.3) is 0 Å². The van der Waals surface area contributed by atoms with Crippen molar-refractivity contribution in [2.75, 3.05) is 12.3 Å². The van der Waals surface area contributed by atoms with Crippen molar-refractivity contribution < 1.29 is 23.0 Å². The van der Waals surface area contributed by atoms with Gasteiger partial charge in [0.05, 0.1) is 5.56 Å². The van der Waals surface area contributed by atoms with Crippen molar-refractivity contribution in [3.05, 3.63) is 58.6 Å². The highest BCUT2D eigenvalue weighted by molar-refractivity contribution is 5.89. The van der Waals surface area contributed by atoms with Crippen LogP contribution in [0.3, 0.4) is 0 Å². The third kappa shape index (κ3) is 3.50. The molecule has 3 rings (SSSR count). The smallest absolute Gasteiger partial charge is 0.351 e. The first-order valence-corrected chi connectivity index (χ1v) is 7.48. The van der Waals surface area contributed by atoms with Crippen LogP contribution in [0.15, 0.2) is 47.4 Å². The summed E-state index contributed by atoms with van der Waals surface area (Å²) < 4.78 is 39.3. The van der Waals surface area contributed by atoms with Crippen LogP contribution < -0.4 is 11.4 Å². The third-order valence-corrected chi connectivity index (χ3v) is 3.76. The molecule has 2 heterocycles. The van der Waals surface area contributed by atoms with Gasteiger partial charge in [0.1, 0.15) is 18.5 Å². The van der Waals surface area contributed by atoms with E-state index in [-0.39, 0.29) is 11.4 Å². The number of nitrogens with two attached hydrogens (primary N) is 1. The Labute approximate surface area is 141 Å². The number of carbonyl (C=O) groups is 1. The number of rotatable bonds is 4. The van der Waals surface area contributed by atoms with Crippen LogP contribution in [-0.2, 0) is 9.47 Å². The number of ether oxygens (including phenoxy) is 2. The largest absolute Gasteiger partial charge is 0.459 e. The SMILES string of the molecule is Nc1ccn([C@@H]2O[C@H](COC(=O)c3ccccc3)[C@H](F)[C@@H]2F)c(=O)n1. The minimum absolute atomic E-state index is 0.0419. The van der Waals surface area contributed by atoms with Gasteiger partial charge < -0.3 is 15.2 Å². The average Bonchev–Trinajstić information content (AvgIpc) is 2.89. The van der Waals surface area contributed by atoms with Crippen molar-refractivity contribution in [1.29, 1.82) is 0 Å². The quantitative estimate of drug-likeness (QED) is 0.833. The van der Waals surface area contributed by atoms with Crippen molar-refractivity contribution in [3.63, 3.8) is 0 Å². The zero-order valence-electron chi connectivity index (χ0n) is 12.9. The summed E-state index contributed by atoms with van der Waals surface area (Å²) in [5, 5.41) is 0. The van der Waals surface area contributed by atoms with Crippen LogP contribution in [0.1, 0.15) is 16.6 Å². The second kappa shape index (κ2) is 6.98. The number of benzene rings is 1. The maximum Gasteiger partial charge on any atom is 0.351 e. The lowest BCUT2D eigenvalue weighted by Gasteiger charge is -2.15. The molecule has 4 atom stereocenters. The van der Waals surface area contributed by atoms with Crippen LogP contribution in [0.4, 0.5) is 14.6 Å². The number of carbonyl (C=O) groups excluding carboxylic acids is 1. The summed E-state index contributed by atoms with van der Waals surface area (Å²) in [5.41, 5.74) is 4.78. The number of anilines is 1. The summed E-state index contributed by atoms with van der Waals surface area (Å²) in [6.07, 6.45) is -5.83. The topological polar surface area (TPSA) is 96.4 Å². The minimum atomic E-state index is -2.11. The fourth-order valence-corrected chi connectivity index (χ4v) is 2.48. The Balaban J connectivity index is 1.68. The summed E-state index contributed by atoms with van der Waals surface area (Å²) in [4.78, 5) is 27.1. The molecule has 9 heteroatoms. The maximum atomic E-state index is 14.2. The monoisotopic (exact) mass is 351 g/mol. The molecule has 1 aliphatic heterocycles. The number of esters is 1. The predicted molar refractivity (Wildman–Crippen MR) is 83.3 cm³/mol. The van der Waals surface area contributed by atoms with Gasteiger partial charge in [0.2, 0.25) is 0 Å². The molecule has 0 unspecified atom stereocenters. The fourth-order valence-electron chi connectivity index (χ4n) is 2.48. The molecule has 7 nitrogen and oxygen atoms in total. The molecule has 1 fully saturated rings. The molecule has 2 aromatic rings. The van der Waals surface area contributed by atoms with Gasteiger partial charge in [-0.2, -0.15) is 4.98 Å². The highest BCUT2D eigenvalue weighted by Crippen LogP contribution is 2.33. The van der Waals surface area contributed by atoms with Crippen LogP contribution in [-0.4, -0.2) is 40.6 Å². The zero-order chi connectivity index (χ0) is 18.0. The maximum absolute atomic E-state index is 14.2. The lowest BCUT2D eigenvalue weighted by molar-refractivity contribution is -0.0501. The first kappa shape index (κ1) is 17.0. The van der Waals surface area contributed by atoms with Crippen molar-refractivity contribution in [2.24, 2.45) is 0 Å². The summed E-state index contributed by atoms with van der Waals surface area (Å²) in [7, 11) is 0. The molecule has 1 aromatic carbocycles. The molecular weight excluding hydrogens is 336 g/mol. The predicted octanol–water partition coefficient (Wildman–Crippen LogP) is 1.26. The molecule has 25 heavy (non-hydrogen) atoms. The number of hydrogen-bond acceptors (Lipinski definition) is 6. The van der Waals surface area contributed by atoms with Gasteiger partial charge in [-0.3, -0.25) is 4.57 Å². The zero-order valence-corrected chi connectivity index (χ0v) is 12.9. The van der Waals surface area contributed by atoms with Crippen LogP contribution in [0.25, 0.3) is 0 Å². The molecule has 0 saturated carbocycles. The normalized spacial score (nSPS) is 25.7. The third-order valence-electron chi connectivity index (χ3n) is 3.76. The number of hydrogen-bond donors (Lipinski definition) is 1. The molecule has 0 amide bonds. The Hall–Kier alpha value is -2.81. The first-order valence-electron chi connectivity index (χ1n) is 7.48. The van der Waals surface area contributed by atoms with E-state index in [0.29, 0.717) is 0 Å². The van der Waals surface area contributed by atoms with Crippen LogP contribution >= 0.6 is 0 Å². The van der Waals surface area contributed by atoms with Gasteiger partial charge in [0, 0.05) is 6.20 Å². The number of halogens is 2. The average molecular weight is 351 g/mol. The Kier molecular flexibility index (Phi) is 4.75. The van der Waals surface area contributed by atoms with E-state index in [1.54, 1.807) is 18.2 Å². The molecule has 1 aromatic heterocycles. The molecule has 0 spiro atoms. The van der Waals surface area contributed by atoms with Crippen LogP contribution in [0, 0.1) is 0 Å². The summed E-state index contributed by atoms with van der Waals surface area (Å²) >= 11 is 0. The van der Waals surface area contributed by atoms with Gasteiger partial charge in [-0.05, 0) is 18.2 Å². The molecule has 2 N–H and O–H groups in total. The van der Waals surface area contributed by atoms with E-state index in [2.05, 4.69) is 4.98 Å². The highest BCUT2D eigenvalue weighted by Gasteiger charge is 2.47. The molecule has 1 aliphatic rings. The Morgan fingerprint density at radius 2 is 1.96 bits per heavy atom. The number of aromatic nitrogens is 2. The molecule has 0 bridgehead atoms. The second-order valence-electron chi connectivity index (χ2n) is 5.46.